The summed E-state index contributed by atoms with van der Waals surface area (Å²) in [5.74, 6) is 0.921. The lowest BCUT2D eigenvalue weighted by atomic mass is 9.73. The maximum Gasteiger partial charge on any atom is 0.139 e. The van der Waals surface area contributed by atoms with Gasteiger partial charge in [0.25, 0.3) is 0 Å². The first-order chi connectivity index (χ1) is 10.3. The van der Waals surface area contributed by atoms with Crippen LogP contribution < -0.4 is 5.32 Å². The lowest BCUT2D eigenvalue weighted by molar-refractivity contribution is 0.0604. The van der Waals surface area contributed by atoms with Gasteiger partial charge in [0.15, 0.2) is 0 Å². The minimum absolute atomic E-state index is 0.122. The van der Waals surface area contributed by atoms with E-state index in [2.05, 4.69) is 40.6 Å². The van der Waals surface area contributed by atoms with Crippen molar-refractivity contribution in [1.29, 1.82) is 0 Å². The maximum atomic E-state index is 5.58. The van der Waals surface area contributed by atoms with Crippen LogP contribution in [0.25, 0.3) is 0 Å². The summed E-state index contributed by atoms with van der Waals surface area (Å²) in [7, 11) is 1.93. The molecule has 1 aliphatic heterocycles. The third kappa shape index (κ3) is 2.82. The summed E-state index contributed by atoms with van der Waals surface area (Å²) in [6.45, 7) is 2.28. The van der Waals surface area contributed by atoms with Crippen LogP contribution in [-0.2, 0) is 16.7 Å². The molecule has 2 heterocycles. The van der Waals surface area contributed by atoms with Crippen LogP contribution in [-0.4, -0.2) is 30.2 Å². The quantitative estimate of drug-likeness (QED) is 0.935. The minimum atomic E-state index is -0.122. The predicted molar refractivity (Wildman–Crippen MR) is 82.1 cm³/mol. The van der Waals surface area contributed by atoms with Crippen molar-refractivity contribution in [3.63, 3.8) is 0 Å². The fourth-order valence-electron chi connectivity index (χ4n) is 3.02. The molecule has 4 nitrogen and oxygen atoms in total. The van der Waals surface area contributed by atoms with Crippen molar-refractivity contribution >= 4 is 0 Å². The van der Waals surface area contributed by atoms with E-state index >= 15 is 0 Å². The molecule has 0 unspecified atom stereocenters. The van der Waals surface area contributed by atoms with Crippen LogP contribution in [0.4, 0.5) is 0 Å². The predicted octanol–water partition coefficient (Wildman–Crippen LogP) is 2.29. The van der Waals surface area contributed by atoms with Gasteiger partial charge in [-0.2, -0.15) is 0 Å². The molecule has 0 radical (unpaired) electrons. The largest absolute Gasteiger partial charge is 0.381 e. The van der Waals surface area contributed by atoms with Crippen molar-refractivity contribution in [1.82, 2.24) is 15.3 Å². The first-order valence-electron chi connectivity index (χ1n) is 7.45. The van der Waals surface area contributed by atoms with Crippen molar-refractivity contribution in [2.75, 3.05) is 20.3 Å². The molecule has 1 aromatic carbocycles. The average Bonchev–Trinajstić information content (AvgIpc) is 2.57. The molecule has 0 aliphatic carbocycles. The highest BCUT2D eigenvalue weighted by molar-refractivity contribution is 5.33. The van der Waals surface area contributed by atoms with Gasteiger partial charge >= 0.3 is 0 Å². The Morgan fingerprint density at radius 2 is 1.90 bits per heavy atom. The van der Waals surface area contributed by atoms with E-state index in [1.54, 1.807) is 0 Å². The van der Waals surface area contributed by atoms with Crippen molar-refractivity contribution in [3.05, 3.63) is 59.7 Å². The van der Waals surface area contributed by atoms with Crippen LogP contribution in [0.5, 0.6) is 0 Å². The van der Waals surface area contributed by atoms with E-state index in [0.717, 1.165) is 44.1 Å². The SMILES string of the molecule is CNCc1ccnc(C2(c3ccccc3)CCOCC2)n1. The fraction of sp³-hybridized carbons (Fsp3) is 0.412. The maximum absolute atomic E-state index is 5.58. The monoisotopic (exact) mass is 283 g/mol. The highest BCUT2D eigenvalue weighted by Crippen LogP contribution is 2.39. The van der Waals surface area contributed by atoms with Gasteiger partial charge in [0.2, 0.25) is 0 Å². The summed E-state index contributed by atoms with van der Waals surface area (Å²) in [6.07, 6.45) is 3.73. The van der Waals surface area contributed by atoms with E-state index in [9.17, 15) is 0 Å². The van der Waals surface area contributed by atoms with E-state index in [1.165, 1.54) is 5.56 Å². The molecule has 0 bridgehead atoms. The van der Waals surface area contributed by atoms with Gasteiger partial charge in [-0.15, -0.1) is 0 Å². The molecular formula is C17H21N3O. The Balaban J connectivity index is 2.05. The second kappa shape index (κ2) is 6.33. The summed E-state index contributed by atoms with van der Waals surface area (Å²) < 4.78 is 5.58. The standard InChI is InChI=1S/C17H21N3O/c1-18-13-15-7-10-19-16(20-15)17(8-11-21-12-9-17)14-5-3-2-4-6-14/h2-7,10,18H,8-9,11-13H2,1H3. The van der Waals surface area contributed by atoms with Gasteiger partial charge in [-0.1, -0.05) is 30.3 Å². The zero-order valence-electron chi connectivity index (χ0n) is 12.4. The van der Waals surface area contributed by atoms with E-state index in [1.807, 2.05) is 19.3 Å². The summed E-state index contributed by atoms with van der Waals surface area (Å²) in [6, 6.07) is 12.6. The van der Waals surface area contributed by atoms with Gasteiger partial charge in [-0.3, -0.25) is 0 Å². The van der Waals surface area contributed by atoms with Crippen LogP contribution in [0, 0.1) is 0 Å². The summed E-state index contributed by atoms with van der Waals surface area (Å²) >= 11 is 0. The Labute approximate surface area is 125 Å². The second-order valence-electron chi connectivity index (χ2n) is 5.46. The number of rotatable bonds is 4. The average molecular weight is 283 g/mol. The van der Waals surface area contributed by atoms with Crippen LogP contribution in [0.15, 0.2) is 42.6 Å². The molecule has 2 aromatic rings. The summed E-state index contributed by atoms with van der Waals surface area (Å²) in [5, 5.41) is 3.15. The number of aromatic nitrogens is 2. The van der Waals surface area contributed by atoms with Crippen molar-refractivity contribution < 1.29 is 4.74 Å². The highest BCUT2D eigenvalue weighted by Gasteiger charge is 2.38. The van der Waals surface area contributed by atoms with Gasteiger partial charge in [0, 0.05) is 26.0 Å². The molecule has 1 saturated heterocycles. The molecule has 1 aliphatic rings. The Hall–Kier alpha value is -1.78. The van der Waals surface area contributed by atoms with Gasteiger partial charge in [0.1, 0.15) is 5.82 Å². The van der Waals surface area contributed by atoms with Crippen molar-refractivity contribution in [2.24, 2.45) is 0 Å². The molecular weight excluding hydrogens is 262 g/mol. The van der Waals surface area contributed by atoms with Gasteiger partial charge < -0.3 is 10.1 Å². The molecule has 110 valence electrons. The number of nitrogens with zero attached hydrogens (tertiary/aromatic N) is 2. The molecule has 0 atom stereocenters. The molecule has 4 heteroatoms. The molecule has 1 aromatic heterocycles. The fourth-order valence-corrected chi connectivity index (χ4v) is 3.02. The molecule has 1 N–H and O–H groups in total. The third-order valence-corrected chi connectivity index (χ3v) is 4.17. The molecule has 1 fully saturated rings. The smallest absolute Gasteiger partial charge is 0.139 e. The normalized spacial score (nSPS) is 17.6. The molecule has 21 heavy (non-hydrogen) atoms. The first-order valence-corrected chi connectivity index (χ1v) is 7.45. The zero-order valence-corrected chi connectivity index (χ0v) is 12.4. The Morgan fingerprint density at radius 3 is 2.62 bits per heavy atom. The van der Waals surface area contributed by atoms with Crippen molar-refractivity contribution in [2.45, 2.75) is 24.8 Å². The molecule has 0 saturated carbocycles. The minimum Gasteiger partial charge on any atom is -0.381 e. The topological polar surface area (TPSA) is 47.0 Å². The molecule has 3 rings (SSSR count). The first kappa shape index (κ1) is 14.2. The Morgan fingerprint density at radius 1 is 1.14 bits per heavy atom. The lowest BCUT2D eigenvalue weighted by Gasteiger charge is -2.36. The van der Waals surface area contributed by atoms with Crippen molar-refractivity contribution in [3.8, 4) is 0 Å². The number of nitrogens with one attached hydrogen (secondary N) is 1. The van der Waals surface area contributed by atoms with Gasteiger partial charge in [-0.25, -0.2) is 9.97 Å². The third-order valence-electron chi connectivity index (χ3n) is 4.17. The number of benzene rings is 1. The molecule has 0 amide bonds. The van der Waals surface area contributed by atoms with Crippen LogP contribution in [0.1, 0.15) is 29.9 Å². The Bertz CT molecular complexity index is 580. The summed E-state index contributed by atoms with van der Waals surface area (Å²) in [4.78, 5) is 9.40. The Kier molecular flexibility index (Phi) is 4.27. The van der Waals surface area contributed by atoms with Crippen LogP contribution in [0.2, 0.25) is 0 Å². The van der Waals surface area contributed by atoms with Crippen LogP contribution in [0.3, 0.4) is 0 Å². The second-order valence-corrected chi connectivity index (χ2v) is 5.46. The zero-order chi connectivity index (χ0) is 14.5. The number of ether oxygens (including phenoxy) is 1. The summed E-state index contributed by atoms with van der Waals surface area (Å²) in [5.41, 5.74) is 2.20. The van der Waals surface area contributed by atoms with E-state index in [0.29, 0.717) is 0 Å². The number of hydrogen-bond donors (Lipinski definition) is 1. The van der Waals surface area contributed by atoms with Crippen LogP contribution >= 0.6 is 0 Å². The number of hydrogen-bond acceptors (Lipinski definition) is 4. The van der Waals surface area contributed by atoms with Gasteiger partial charge in [-0.05, 0) is 31.5 Å². The van der Waals surface area contributed by atoms with E-state index in [-0.39, 0.29) is 5.41 Å². The van der Waals surface area contributed by atoms with E-state index in [4.69, 9.17) is 9.72 Å². The lowest BCUT2D eigenvalue weighted by Crippen LogP contribution is -2.37. The van der Waals surface area contributed by atoms with Gasteiger partial charge in [0.05, 0.1) is 11.1 Å². The molecule has 0 spiro atoms. The highest BCUT2D eigenvalue weighted by atomic mass is 16.5. The van der Waals surface area contributed by atoms with E-state index < -0.39 is 0 Å².